The summed E-state index contributed by atoms with van der Waals surface area (Å²) >= 11 is 0. The Morgan fingerprint density at radius 1 is 0.436 bits per heavy atom. The highest BCUT2D eigenvalue weighted by atomic mass is 31.2. The smallest absolute Gasteiger partial charge is 0.171 e. The molecule has 0 bridgehead atoms. The van der Waals surface area contributed by atoms with Crippen LogP contribution in [0, 0.1) is 17.1 Å². The van der Waals surface area contributed by atoms with Crippen molar-refractivity contribution >= 4 is 44.6 Å². The zero-order valence-corrected chi connectivity index (χ0v) is 30.2. The maximum absolute atomic E-state index is 15.5. The Morgan fingerprint density at radius 2 is 0.873 bits per heavy atom. The summed E-state index contributed by atoms with van der Waals surface area (Å²) in [7, 11) is -3.25. The predicted molar refractivity (Wildman–Crippen MR) is 221 cm³/mol. The van der Waals surface area contributed by atoms with Gasteiger partial charge in [0.25, 0.3) is 0 Å². The average Bonchev–Trinajstić information content (AvgIpc) is 3.26. The number of halogens is 1. The maximum atomic E-state index is 15.5. The van der Waals surface area contributed by atoms with E-state index in [1.165, 1.54) is 12.1 Å². The van der Waals surface area contributed by atoms with Gasteiger partial charge in [-0.1, -0.05) is 127 Å². The lowest BCUT2D eigenvalue weighted by Crippen LogP contribution is -2.25. The van der Waals surface area contributed by atoms with Crippen molar-refractivity contribution < 1.29 is 8.96 Å². The summed E-state index contributed by atoms with van der Waals surface area (Å²) in [5, 5.41) is 15.5. The van der Waals surface area contributed by atoms with Crippen LogP contribution < -0.4 is 15.9 Å². The molecule has 0 aliphatic carbocycles. The highest BCUT2D eigenvalue weighted by Crippen LogP contribution is 2.46. The number of hydrogen-bond donors (Lipinski definition) is 0. The van der Waals surface area contributed by atoms with Crippen LogP contribution in [-0.2, 0) is 4.57 Å². The van der Waals surface area contributed by atoms with Crippen molar-refractivity contribution in [3.63, 3.8) is 0 Å². The summed E-state index contributed by atoms with van der Waals surface area (Å²) in [6, 6.07) is 59.3. The fraction of sp³-hybridized carbons (Fsp3) is 0. The molecule has 9 rings (SSSR count). The topological polar surface area (TPSA) is 79.5 Å². The van der Waals surface area contributed by atoms with Gasteiger partial charge in [-0.15, -0.1) is 0 Å². The first-order chi connectivity index (χ1) is 27.0. The van der Waals surface area contributed by atoms with E-state index in [1.807, 2.05) is 109 Å². The largest absolute Gasteiger partial charge is 0.309 e. The van der Waals surface area contributed by atoms with Crippen molar-refractivity contribution in [3.8, 4) is 51.4 Å². The molecule has 0 radical (unpaired) electrons. The van der Waals surface area contributed by atoms with Crippen LogP contribution in [0.5, 0.6) is 0 Å². The third kappa shape index (κ3) is 6.07. The van der Waals surface area contributed by atoms with E-state index in [0.717, 1.165) is 54.1 Å². The van der Waals surface area contributed by atoms with Gasteiger partial charge in [-0.25, -0.2) is 19.3 Å². The monoisotopic (exact) mass is 728 g/mol. The first-order valence-electron chi connectivity index (χ1n) is 17.8. The SMILES string of the molecule is N#Cc1ccc(-c2nc(-c3ccc(F)cc3)nc(-c3c4ccccc4c(-c4cccc(P(=O)(c5ccccc5)c5ccccc5)c4)c4ccccc34)n2)cc1. The molecule has 0 unspecified atom stereocenters. The summed E-state index contributed by atoms with van der Waals surface area (Å²) in [5.74, 6) is 0.924. The zero-order valence-electron chi connectivity index (χ0n) is 29.3. The third-order valence-electron chi connectivity index (χ3n) is 9.90. The Balaban J connectivity index is 1.30. The van der Waals surface area contributed by atoms with Crippen LogP contribution in [-0.4, -0.2) is 15.0 Å². The number of fused-ring (bicyclic) bond motifs is 2. The van der Waals surface area contributed by atoms with Gasteiger partial charge < -0.3 is 4.57 Å². The Kier molecular flexibility index (Phi) is 8.63. The summed E-state index contributed by atoms with van der Waals surface area (Å²) in [4.78, 5) is 15.0. The normalized spacial score (nSPS) is 11.4. The molecule has 55 heavy (non-hydrogen) atoms. The standard InChI is InChI=1S/C48H30FN4OP/c49-36-28-26-34(27-29-36)47-51-46(33-24-22-32(31-50)23-25-33)52-48(53-47)45-42-20-9-7-18-40(42)44(41-19-8-10-21-43(41)45)35-12-11-17-39(30-35)55(54,37-13-3-1-4-14-37)38-15-5-2-6-16-38/h1-30H. The van der Waals surface area contributed by atoms with Crippen LogP contribution in [0.2, 0.25) is 0 Å². The Labute approximate surface area is 317 Å². The van der Waals surface area contributed by atoms with Gasteiger partial charge in [0, 0.05) is 32.6 Å². The summed E-state index contributed by atoms with van der Waals surface area (Å²) in [6.07, 6.45) is 0. The van der Waals surface area contributed by atoms with E-state index < -0.39 is 7.14 Å². The molecule has 0 saturated heterocycles. The zero-order chi connectivity index (χ0) is 37.4. The molecule has 0 fully saturated rings. The minimum absolute atomic E-state index is 0.356. The molecule has 0 aliphatic rings. The van der Waals surface area contributed by atoms with E-state index in [1.54, 1.807) is 24.3 Å². The van der Waals surface area contributed by atoms with Gasteiger partial charge in [-0.05, 0) is 87.3 Å². The quantitative estimate of drug-likeness (QED) is 0.121. The second kappa shape index (κ2) is 14.1. The predicted octanol–water partition coefficient (Wildman–Crippen LogP) is 10.5. The maximum Gasteiger partial charge on any atom is 0.171 e. The molecule has 1 heterocycles. The van der Waals surface area contributed by atoms with Gasteiger partial charge in [-0.3, -0.25) is 0 Å². The van der Waals surface area contributed by atoms with Crippen molar-refractivity contribution in [1.29, 1.82) is 5.26 Å². The summed E-state index contributed by atoms with van der Waals surface area (Å²) in [6.45, 7) is 0. The highest BCUT2D eigenvalue weighted by molar-refractivity contribution is 7.85. The van der Waals surface area contributed by atoms with Crippen LogP contribution >= 0.6 is 7.14 Å². The molecule has 0 spiro atoms. The number of nitriles is 1. The number of aromatic nitrogens is 3. The minimum Gasteiger partial charge on any atom is -0.309 e. The van der Waals surface area contributed by atoms with E-state index in [4.69, 9.17) is 15.0 Å². The molecular formula is C48H30FN4OP. The molecule has 1 aromatic heterocycles. The second-order valence-corrected chi connectivity index (χ2v) is 15.9. The molecule has 260 valence electrons. The first kappa shape index (κ1) is 33.8. The third-order valence-corrected chi connectivity index (χ3v) is 13.0. The summed E-state index contributed by atoms with van der Waals surface area (Å²) in [5.41, 5.74) is 4.65. The van der Waals surface area contributed by atoms with E-state index in [0.29, 0.717) is 34.2 Å². The van der Waals surface area contributed by atoms with Gasteiger partial charge >= 0.3 is 0 Å². The minimum atomic E-state index is -3.25. The van der Waals surface area contributed by atoms with Crippen molar-refractivity contribution in [1.82, 2.24) is 15.0 Å². The van der Waals surface area contributed by atoms with E-state index in [9.17, 15) is 9.65 Å². The van der Waals surface area contributed by atoms with Crippen molar-refractivity contribution in [3.05, 3.63) is 193 Å². The molecule has 5 nitrogen and oxygen atoms in total. The van der Waals surface area contributed by atoms with E-state index in [-0.39, 0.29) is 5.82 Å². The molecule has 0 N–H and O–H groups in total. The van der Waals surface area contributed by atoms with Gasteiger partial charge in [0.05, 0.1) is 11.6 Å². The van der Waals surface area contributed by atoms with Crippen LogP contribution in [0.3, 0.4) is 0 Å². The molecule has 0 atom stereocenters. The molecule has 8 aromatic carbocycles. The lowest BCUT2D eigenvalue weighted by Gasteiger charge is -2.22. The second-order valence-electron chi connectivity index (χ2n) is 13.2. The average molecular weight is 729 g/mol. The Bertz CT molecular complexity index is 2860. The summed E-state index contributed by atoms with van der Waals surface area (Å²) < 4.78 is 29.5. The Hall–Kier alpha value is -7.06. The van der Waals surface area contributed by atoms with Gasteiger partial charge in [0.15, 0.2) is 24.6 Å². The van der Waals surface area contributed by atoms with Crippen molar-refractivity contribution in [2.45, 2.75) is 0 Å². The van der Waals surface area contributed by atoms with Crippen LogP contribution in [0.4, 0.5) is 4.39 Å². The van der Waals surface area contributed by atoms with Crippen LogP contribution in [0.25, 0.3) is 66.8 Å². The fourth-order valence-electron chi connectivity index (χ4n) is 7.30. The van der Waals surface area contributed by atoms with Gasteiger partial charge in [-0.2, -0.15) is 5.26 Å². The molecule has 7 heteroatoms. The van der Waals surface area contributed by atoms with Gasteiger partial charge in [0.1, 0.15) is 5.82 Å². The lowest BCUT2D eigenvalue weighted by atomic mass is 9.88. The van der Waals surface area contributed by atoms with E-state index >= 15 is 4.57 Å². The first-order valence-corrected chi connectivity index (χ1v) is 19.5. The lowest BCUT2D eigenvalue weighted by molar-refractivity contribution is 0.592. The molecule has 0 aliphatic heterocycles. The molecular weight excluding hydrogens is 699 g/mol. The van der Waals surface area contributed by atoms with Gasteiger partial charge in [0.2, 0.25) is 0 Å². The van der Waals surface area contributed by atoms with Crippen LogP contribution in [0.1, 0.15) is 5.56 Å². The Morgan fingerprint density at radius 3 is 1.38 bits per heavy atom. The number of nitrogens with zero attached hydrogens (tertiary/aromatic N) is 4. The highest BCUT2D eigenvalue weighted by Gasteiger charge is 2.30. The molecule has 9 aromatic rings. The molecule has 0 amide bonds. The fourth-order valence-corrected chi connectivity index (χ4v) is 9.99. The van der Waals surface area contributed by atoms with E-state index in [2.05, 4.69) is 42.5 Å². The van der Waals surface area contributed by atoms with Crippen molar-refractivity contribution in [2.75, 3.05) is 0 Å². The number of hydrogen-bond acceptors (Lipinski definition) is 5. The number of rotatable bonds is 7. The van der Waals surface area contributed by atoms with Crippen LogP contribution in [0.15, 0.2) is 182 Å². The number of benzene rings is 8. The van der Waals surface area contributed by atoms with Crippen molar-refractivity contribution in [2.24, 2.45) is 0 Å². The molecule has 0 saturated carbocycles.